The van der Waals surface area contributed by atoms with Gasteiger partial charge in [0.25, 0.3) is 11.5 Å². The van der Waals surface area contributed by atoms with Crippen molar-refractivity contribution in [3.63, 3.8) is 0 Å². The van der Waals surface area contributed by atoms with E-state index in [0.717, 1.165) is 43.5 Å². The molecule has 120 valence electrons. The lowest BCUT2D eigenvalue weighted by Gasteiger charge is -2.35. The van der Waals surface area contributed by atoms with Gasteiger partial charge in [-0.2, -0.15) is 0 Å². The highest BCUT2D eigenvalue weighted by Crippen LogP contribution is 2.21. The van der Waals surface area contributed by atoms with E-state index in [-0.39, 0.29) is 23.1 Å². The van der Waals surface area contributed by atoms with Crippen LogP contribution in [0.25, 0.3) is 11.3 Å². The number of nitrogens with one attached hydrogen (secondary N) is 1. The van der Waals surface area contributed by atoms with Crippen molar-refractivity contribution in [2.24, 2.45) is 0 Å². The molecule has 0 saturated carbocycles. The SMILES string of the molecule is CC[C@H]1CCCCN1C(=O)c1ccc(-c2ccccc2)[nH]c1=O. The second-order valence-electron chi connectivity index (χ2n) is 6.04. The molecule has 0 bridgehead atoms. The summed E-state index contributed by atoms with van der Waals surface area (Å²) in [7, 11) is 0. The third-order valence-electron chi connectivity index (χ3n) is 4.58. The van der Waals surface area contributed by atoms with Crippen LogP contribution in [0.2, 0.25) is 0 Å². The molecule has 1 aliphatic heterocycles. The number of H-pyrrole nitrogens is 1. The summed E-state index contributed by atoms with van der Waals surface area (Å²) in [5.74, 6) is -0.141. The van der Waals surface area contributed by atoms with Gasteiger partial charge in [0.15, 0.2) is 0 Å². The van der Waals surface area contributed by atoms with Crippen LogP contribution in [0.5, 0.6) is 0 Å². The van der Waals surface area contributed by atoms with Crippen molar-refractivity contribution in [1.82, 2.24) is 9.88 Å². The van der Waals surface area contributed by atoms with Crippen molar-refractivity contribution in [1.29, 1.82) is 0 Å². The summed E-state index contributed by atoms with van der Waals surface area (Å²) in [6, 6.07) is 13.4. The van der Waals surface area contributed by atoms with Gasteiger partial charge in [0, 0.05) is 18.3 Å². The molecule has 2 heterocycles. The number of carbonyl (C=O) groups excluding carboxylic acids is 1. The zero-order valence-corrected chi connectivity index (χ0v) is 13.4. The molecular formula is C19H22N2O2. The van der Waals surface area contributed by atoms with E-state index in [1.165, 1.54) is 0 Å². The molecule has 4 heteroatoms. The zero-order valence-electron chi connectivity index (χ0n) is 13.4. The summed E-state index contributed by atoms with van der Waals surface area (Å²) < 4.78 is 0. The molecule has 4 nitrogen and oxygen atoms in total. The molecule has 1 saturated heterocycles. The highest BCUT2D eigenvalue weighted by Gasteiger charge is 2.27. The Bertz CT molecular complexity index is 737. The first-order chi connectivity index (χ1) is 11.2. The Labute approximate surface area is 136 Å². The lowest BCUT2D eigenvalue weighted by molar-refractivity contribution is 0.0606. The number of pyridine rings is 1. The minimum Gasteiger partial charge on any atom is -0.336 e. The molecule has 1 atom stereocenters. The van der Waals surface area contributed by atoms with Crippen LogP contribution in [-0.2, 0) is 0 Å². The van der Waals surface area contributed by atoms with E-state index in [2.05, 4.69) is 11.9 Å². The van der Waals surface area contributed by atoms with E-state index in [1.807, 2.05) is 41.3 Å². The predicted octanol–water partition coefficient (Wildman–Crippen LogP) is 3.45. The molecular weight excluding hydrogens is 288 g/mol. The van der Waals surface area contributed by atoms with Crippen LogP contribution in [0, 0.1) is 0 Å². The number of nitrogens with zero attached hydrogens (tertiary/aromatic N) is 1. The molecule has 1 N–H and O–H groups in total. The second-order valence-corrected chi connectivity index (χ2v) is 6.04. The number of aromatic amines is 1. The monoisotopic (exact) mass is 310 g/mol. The predicted molar refractivity (Wildman–Crippen MR) is 91.5 cm³/mol. The lowest BCUT2D eigenvalue weighted by Crippen LogP contribution is -2.45. The maximum Gasteiger partial charge on any atom is 0.261 e. The summed E-state index contributed by atoms with van der Waals surface area (Å²) in [5, 5.41) is 0. The van der Waals surface area contributed by atoms with Gasteiger partial charge in [-0.05, 0) is 43.4 Å². The number of likely N-dealkylation sites (tertiary alicyclic amines) is 1. The maximum absolute atomic E-state index is 12.7. The molecule has 1 fully saturated rings. The number of benzene rings is 1. The first-order valence-corrected chi connectivity index (χ1v) is 8.30. The molecule has 23 heavy (non-hydrogen) atoms. The molecule has 0 unspecified atom stereocenters. The summed E-state index contributed by atoms with van der Waals surface area (Å²) in [6.45, 7) is 2.84. The summed E-state index contributed by atoms with van der Waals surface area (Å²) >= 11 is 0. The Morgan fingerprint density at radius 3 is 2.65 bits per heavy atom. The molecule has 1 amide bonds. The first-order valence-electron chi connectivity index (χ1n) is 8.30. The van der Waals surface area contributed by atoms with Crippen LogP contribution < -0.4 is 5.56 Å². The molecule has 1 aliphatic rings. The molecule has 3 rings (SSSR count). The highest BCUT2D eigenvalue weighted by molar-refractivity contribution is 5.94. The fourth-order valence-corrected chi connectivity index (χ4v) is 3.28. The number of hydrogen-bond donors (Lipinski definition) is 1. The van der Waals surface area contributed by atoms with E-state index in [9.17, 15) is 9.59 Å². The maximum atomic E-state index is 12.7. The minimum atomic E-state index is -0.309. The largest absolute Gasteiger partial charge is 0.336 e. The Balaban J connectivity index is 1.89. The minimum absolute atomic E-state index is 0.141. The van der Waals surface area contributed by atoms with Crippen LogP contribution in [0.4, 0.5) is 0 Å². The van der Waals surface area contributed by atoms with Crippen molar-refractivity contribution in [2.45, 2.75) is 38.6 Å². The second kappa shape index (κ2) is 6.82. The Hall–Kier alpha value is -2.36. The quantitative estimate of drug-likeness (QED) is 0.944. The topological polar surface area (TPSA) is 53.2 Å². The van der Waals surface area contributed by atoms with Crippen LogP contribution in [0.15, 0.2) is 47.3 Å². The van der Waals surface area contributed by atoms with E-state index >= 15 is 0 Å². The van der Waals surface area contributed by atoms with Crippen molar-refractivity contribution < 1.29 is 4.79 Å². The van der Waals surface area contributed by atoms with Crippen molar-refractivity contribution in [3.8, 4) is 11.3 Å². The van der Waals surface area contributed by atoms with Gasteiger partial charge in [-0.25, -0.2) is 0 Å². The third kappa shape index (κ3) is 3.21. The Morgan fingerprint density at radius 2 is 1.96 bits per heavy atom. The fourth-order valence-electron chi connectivity index (χ4n) is 3.28. The standard InChI is InChI=1S/C19H22N2O2/c1-2-15-10-6-7-13-21(15)19(23)16-11-12-17(20-18(16)22)14-8-4-3-5-9-14/h3-5,8-9,11-12,15H,2,6-7,10,13H2,1H3,(H,20,22)/t15-/m0/s1. The van der Waals surface area contributed by atoms with Gasteiger partial charge in [0.2, 0.25) is 0 Å². The molecule has 0 aliphatic carbocycles. The van der Waals surface area contributed by atoms with Crippen LogP contribution >= 0.6 is 0 Å². The molecule has 0 radical (unpaired) electrons. The van der Waals surface area contributed by atoms with Gasteiger partial charge < -0.3 is 9.88 Å². The van der Waals surface area contributed by atoms with Gasteiger partial charge in [-0.1, -0.05) is 37.3 Å². The van der Waals surface area contributed by atoms with Crippen LogP contribution in [-0.4, -0.2) is 28.4 Å². The average Bonchev–Trinajstić information content (AvgIpc) is 2.61. The summed E-state index contributed by atoms with van der Waals surface area (Å²) in [4.78, 5) is 29.8. The Kier molecular flexibility index (Phi) is 4.60. The lowest BCUT2D eigenvalue weighted by atomic mass is 9.99. The molecule has 0 spiro atoms. The van der Waals surface area contributed by atoms with Gasteiger partial charge in [0.05, 0.1) is 0 Å². The van der Waals surface area contributed by atoms with Gasteiger partial charge in [-0.3, -0.25) is 9.59 Å². The number of amides is 1. The smallest absolute Gasteiger partial charge is 0.261 e. The van der Waals surface area contributed by atoms with E-state index < -0.39 is 0 Å². The van der Waals surface area contributed by atoms with Crippen molar-refractivity contribution in [3.05, 3.63) is 58.4 Å². The molecule has 1 aromatic heterocycles. The van der Waals surface area contributed by atoms with E-state index in [4.69, 9.17) is 0 Å². The third-order valence-corrected chi connectivity index (χ3v) is 4.58. The van der Waals surface area contributed by atoms with Gasteiger partial charge in [-0.15, -0.1) is 0 Å². The first kappa shape index (κ1) is 15.5. The van der Waals surface area contributed by atoms with Crippen LogP contribution in [0.1, 0.15) is 43.0 Å². The molecule has 1 aromatic carbocycles. The van der Waals surface area contributed by atoms with Gasteiger partial charge >= 0.3 is 0 Å². The number of aromatic nitrogens is 1. The summed E-state index contributed by atoms with van der Waals surface area (Å²) in [5.41, 5.74) is 1.60. The number of piperidine rings is 1. The summed E-state index contributed by atoms with van der Waals surface area (Å²) in [6.07, 6.45) is 4.14. The Morgan fingerprint density at radius 1 is 1.17 bits per heavy atom. The number of rotatable bonds is 3. The highest BCUT2D eigenvalue weighted by atomic mass is 16.2. The van der Waals surface area contributed by atoms with Gasteiger partial charge in [0.1, 0.15) is 5.56 Å². The van der Waals surface area contributed by atoms with Crippen molar-refractivity contribution in [2.75, 3.05) is 6.54 Å². The fraction of sp³-hybridized carbons (Fsp3) is 0.368. The zero-order chi connectivity index (χ0) is 16.2. The van der Waals surface area contributed by atoms with E-state index in [1.54, 1.807) is 6.07 Å². The number of hydrogen-bond acceptors (Lipinski definition) is 2. The normalized spacial score (nSPS) is 18.0. The molecule has 2 aromatic rings. The van der Waals surface area contributed by atoms with E-state index in [0.29, 0.717) is 0 Å². The number of carbonyl (C=O) groups is 1. The van der Waals surface area contributed by atoms with Crippen molar-refractivity contribution >= 4 is 5.91 Å². The van der Waals surface area contributed by atoms with Crippen LogP contribution in [0.3, 0.4) is 0 Å². The average molecular weight is 310 g/mol.